The Morgan fingerprint density at radius 1 is 1.18 bits per heavy atom. The Labute approximate surface area is 166 Å². The van der Waals surface area contributed by atoms with Crippen molar-refractivity contribution < 1.29 is 22.4 Å². The van der Waals surface area contributed by atoms with Gasteiger partial charge < -0.3 is 5.32 Å². The van der Waals surface area contributed by atoms with Crippen molar-refractivity contribution in [1.29, 1.82) is 0 Å². The van der Waals surface area contributed by atoms with E-state index in [0.717, 1.165) is 0 Å². The monoisotopic (exact) mass is 416 g/mol. The van der Waals surface area contributed by atoms with E-state index in [4.69, 9.17) is 0 Å². The predicted molar refractivity (Wildman–Crippen MR) is 107 cm³/mol. The van der Waals surface area contributed by atoms with E-state index in [-0.39, 0.29) is 10.7 Å². The van der Waals surface area contributed by atoms with Crippen molar-refractivity contribution in [3.8, 4) is 0 Å². The van der Waals surface area contributed by atoms with Gasteiger partial charge in [0.15, 0.2) is 5.69 Å². The highest BCUT2D eigenvalue weighted by Gasteiger charge is 2.39. The molecule has 0 unspecified atom stereocenters. The molecule has 0 fully saturated rings. The molecule has 0 saturated carbocycles. The fourth-order valence-electron chi connectivity index (χ4n) is 1.84. The largest absolute Gasteiger partial charge is 0.435 e. The summed E-state index contributed by atoms with van der Waals surface area (Å²) in [6.45, 7) is 15.6. The number of nitrogens with zero attached hydrogens (tertiary/aromatic N) is 1. The Bertz CT molecular complexity index is 811. The Morgan fingerprint density at radius 3 is 2.21 bits per heavy atom. The van der Waals surface area contributed by atoms with Gasteiger partial charge in [-0.25, -0.2) is 9.37 Å². The lowest BCUT2D eigenvalue weighted by Gasteiger charge is -2.13. The number of allylic oxidation sites excluding steroid dienone is 6. The molecule has 0 spiro atoms. The Morgan fingerprint density at radius 2 is 1.75 bits per heavy atom. The van der Waals surface area contributed by atoms with E-state index in [2.05, 4.69) is 23.5 Å². The number of aryl methyl sites for hydroxylation is 1. The van der Waals surface area contributed by atoms with Crippen molar-refractivity contribution in [2.75, 3.05) is 0 Å². The van der Waals surface area contributed by atoms with Crippen LogP contribution in [0.1, 0.15) is 48.1 Å². The lowest BCUT2D eigenvalue weighted by Crippen LogP contribution is -2.25. The van der Waals surface area contributed by atoms with E-state index in [9.17, 15) is 22.4 Å². The number of hydrogen-bond acceptors (Lipinski definition) is 3. The lowest BCUT2D eigenvalue weighted by molar-refractivity contribution is -0.141. The number of carbonyl (C=O) groups is 1. The van der Waals surface area contributed by atoms with Crippen LogP contribution in [0.25, 0.3) is 0 Å². The van der Waals surface area contributed by atoms with Crippen LogP contribution in [0.5, 0.6) is 0 Å². The molecule has 1 heterocycles. The van der Waals surface area contributed by atoms with Crippen LogP contribution in [0.4, 0.5) is 17.6 Å². The first-order valence-corrected chi connectivity index (χ1v) is 9.18. The van der Waals surface area contributed by atoms with Gasteiger partial charge in [0.2, 0.25) is 0 Å². The van der Waals surface area contributed by atoms with Crippen molar-refractivity contribution in [1.82, 2.24) is 10.3 Å². The summed E-state index contributed by atoms with van der Waals surface area (Å²) in [7, 11) is 0. The zero-order chi connectivity index (χ0) is 22.1. The van der Waals surface area contributed by atoms with Crippen molar-refractivity contribution in [3.63, 3.8) is 0 Å². The highest BCUT2D eigenvalue weighted by molar-refractivity contribution is 7.13. The molecule has 0 aliphatic rings. The summed E-state index contributed by atoms with van der Waals surface area (Å²) < 4.78 is 51.9. The molecule has 28 heavy (non-hydrogen) atoms. The van der Waals surface area contributed by atoms with Crippen molar-refractivity contribution >= 4 is 17.2 Å². The molecule has 0 aliphatic carbocycles. The average molecular weight is 416 g/mol. The number of alkyl halides is 3. The number of nitrogens with one attached hydrogen (secondary N) is 1. The first-order valence-electron chi connectivity index (χ1n) is 8.36. The summed E-state index contributed by atoms with van der Waals surface area (Å²) in [6, 6.07) is 0. The zero-order valence-electron chi connectivity index (χ0n) is 16.5. The van der Waals surface area contributed by atoms with Gasteiger partial charge in [-0.05, 0) is 44.1 Å². The lowest BCUT2D eigenvalue weighted by atomic mass is 10.0. The quantitative estimate of drug-likeness (QED) is 0.416. The van der Waals surface area contributed by atoms with E-state index in [1.165, 1.54) is 38.2 Å². The minimum atomic E-state index is -4.74. The van der Waals surface area contributed by atoms with Crippen molar-refractivity contribution in [2.24, 2.45) is 0 Å². The summed E-state index contributed by atoms with van der Waals surface area (Å²) in [5.41, 5.74) is -0.246. The normalized spacial score (nSPS) is 12.8. The van der Waals surface area contributed by atoms with Crippen molar-refractivity contribution in [3.05, 3.63) is 75.7 Å². The molecule has 3 nitrogen and oxygen atoms in total. The topological polar surface area (TPSA) is 42.0 Å². The summed E-state index contributed by atoms with van der Waals surface area (Å²) in [5, 5.41) is 2.52. The van der Waals surface area contributed by atoms with Crippen LogP contribution in [0, 0.1) is 6.92 Å². The molecule has 1 aromatic rings. The van der Waals surface area contributed by atoms with E-state index < -0.39 is 28.5 Å². The van der Waals surface area contributed by atoms with Crippen LogP contribution in [0.2, 0.25) is 0 Å². The minimum Gasteiger partial charge on any atom is -0.321 e. The second-order valence-corrected chi connectivity index (χ2v) is 6.46. The molecule has 0 aliphatic heterocycles. The summed E-state index contributed by atoms with van der Waals surface area (Å²) in [4.78, 5) is 15.2. The maximum absolute atomic E-state index is 13.0. The maximum Gasteiger partial charge on any atom is 0.435 e. The smallest absolute Gasteiger partial charge is 0.321 e. The predicted octanol–water partition coefficient (Wildman–Crippen LogP) is 6.67. The Balaban J connectivity index is 0.00000352. The molecular weight excluding hydrogens is 392 g/mol. The molecule has 8 heteroatoms. The number of rotatable bonds is 6. The van der Waals surface area contributed by atoms with E-state index in [0.29, 0.717) is 22.5 Å². The molecule has 0 aromatic carbocycles. The van der Waals surface area contributed by atoms with Crippen LogP contribution in [-0.2, 0) is 6.18 Å². The molecule has 0 saturated heterocycles. The third-order valence-electron chi connectivity index (χ3n) is 3.11. The molecule has 1 amide bonds. The summed E-state index contributed by atoms with van der Waals surface area (Å²) in [5.74, 6) is -1.38. The molecular formula is C20H24F4N2OS. The van der Waals surface area contributed by atoms with Crippen LogP contribution < -0.4 is 5.32 Å². The molecule has 0 radical (unpaired) electrons. The molecule has 0 atom stereocenters. The number of thiazole rings is 1. The number of hydrogen-bond donors (Lipinski definition) is 1. The second kappa shape index (κ2) is 11.4. The minimum absolute atomic E-state index is 0.121. The second-order valence-electron chi connectivity index (χ2n) is 5.26. The number of halogens is 4. The summed E-state index contributed by atoms with van der Waals surface area (Å²) >= 11 is 0.644. The summed E-state index contributed by atoms with van der Waals surface area (Å²) in [6.07, 6.45) is 0.661. The van der Waals surface area contributed by atoms with Gasteiger partial charge in [-0.3, -0.25) is 4.79 Å². The third-order valence-corrected chi connectivity index (χ3v) is 4.08. The number of amides is 1. The van der Waals surface area contributed by atoms with Gasteiger partial charge >= 0.3 is 6.18 Å². The van der Waals surface area contributed by atoms with Gasteiger partial charge in [0.05, 0.1) is 10.8 Å². The van der Waals surface area contributed by atoms with E-state index in [1.54, 1.807) is 6.92 Å². The zero-order valence-corrected chi connectivity index (χ0v) is 17.3. The first-order chi connectivity index (χ1) is 13.0. The van der Waals surface area contributed by atoms with Gasteiger partial charge in [-0.15, -0.1) is 11.3 Å². The number of carbonyl (C=O) groups excluding carboxylic acids is 1. The Hall–Kier alpha value is -2.48. The average Bonchev–Trinajstić information content (AvgIpc) is 3.02. The van der Waals surface area contributed by atoms with E-state index in [1.807, 2.05) is 13.8 Å². The fourth-order valence-corrected chi connectivity index (χ4v) is 2.67. The molecule has 1 aromatic heterocycles. The van der Waals surface area contributed by atoms with Gasteiger partial charge in [0.1, 0.15) is 4.88 Å². The van der Waals surface area contributed by atoms with Gasteiger partial charge in [-0.2, -0.15) is 13.2 Å². The van der Waals surface area contributed by atoms with Gasteiger partial charge in [0.25, 0.3) is 5.91 Å². The fraction of sp³-hybridized carbons (Fsp3) is 0.300. The van der Waals surface area contributed by atoms with Crippen LogP contribution in [-0.4, -0.2) is 10.9 Å². The highest BCUT2D eigenvalue weighted by Crippen LogP contribution is 2.34. The molecule has 1 rings (SSSR count). The van der Waals surface area contributed by atoms with E-state index >= 15 is 0 Å². The molecule has 0 bridgehead atoms. The third kappa shape index (κ3) is 7.64. The Kier molecular flexibility index (Phi) is 10.4. The SMILES string of the molecule is C=C/C=C(/NC(=O)c1sc(C)nc1C(F)(F)F)C(=C)/C(C)=C/C=C(\C)F.CC. The maximum atomic E-state index is 13.0. The van der Waals surface area contributed by atoms with Crippen LogP contribution in [0.15, 0.2) is 60.1 Å². The first kappa shape index (κ1) is 25.5. The molecule has 154 valence electrons. The van der Waals surface area contributed by atoms with Crippen molar-refractivity contribution in [2.45, 2.75) is 40.8 Å². The number of aromatic nitrogens is 1. The molecule has 1 N–H and O–H groups in total. The van der Waals surface area contributed by atoms with Crippen LogP contribution in [0.3, 0.4) is 0 Å². The van der Waals surface area contributed by atoms with Gasteiger partial charge in [-0.1, -0.05) is 39.2 Å². The highest BCUT2D eigenvalue weighted by atomic mass is 32.1. The standard InChI is InChI=1S/C18H18F4N2OS.C2H6/c1-6-7-14(12(4)10(2)8-9-11(3)19)24-17(25)15-16(18(20,21)22)23-13(5)26-15;1-2/h6-9H,1,4H2,2-3,5H3,(H,24,25);1-2H3/b10-8+,11-9+,14-7+;. The van der Waals surface area contributed by atoms with Gasteiger partial charge in [0, 0.05) is 5.70 Å². The van der Waals surface area contributed by atoms with Crippen LogP contribution >= 0.6 is 11.3 Å².